The Labute approximate surface area is 145 Å². The molecule has 0 aliphatic carbocycles. The highest BCUT2D eigenvalue weighted by Gasteiger charge is 2.28. The number of rotatable bonds is 5. The van der Waals surface area contributed by atoms with E-state index in [1.165, 1.54) is 16.8 Å². The molecule has 1 aromatic carbocycles. The van der Waals surface area contributed by atoms with E-state index in [4.69, 9.17) is 4.74 Å². The Morgan fingerprint density at radius 2 is 2.21 bits per heavy atom. The molecule has 24 heavy (non-hydrogen) atoms. The number of aryl methyl sites for hydroxylation is 1. The number of amides is 1. The van der Waals surface area contributed by atoms with Gasteiger partial charge >= 0.3 is 5.69 Å². The molecule has 126 valence electrons. The lowest BCUT2D eigenvalue weighted by Gasteiger charge is -2.11. The van der Waals surface area contributed by atoms with Crippen LogP contribution in [0.4, 0.5) is 0 Å². The molecule has 0 radical (unpaired) electrons. The number of hydrogen-bond acceptors (Lipinski definition) is 4. The monoisotopic (exact) mass is 393 g/mol. The first-order valence-electron chi connectivity index (χ1n) is 7.55. The Morgan fingerprint density at radius 1 is 1.38 bits per heavy atom. The van der Waals surface area contributed by atoms with E-state index in [0.717, 1.165) is 15.8 Å². The van der Waals surface area contributed by atoms with Crippen LogP contribution < -0.4 is 21.3 Å². The smallest absolute Gasteiger partial charge is 0.328 e. The van der Waals surface area contributed by atoms with Gasteiger partial charge in [0.2, 0.25) is 0 Å². The Hall–Kier alpha value is -2.35. The average Bonchev–Trinajstić information content (AvgIpc) is 2.96. The van der Waals surface area contributed by atoms with Crippen molar-refractivity contribution in [2.75, 3.05) is 6.54 Å². The highest BCUT2D eigenvalue weighted by molar-refractivity contribution is 9.10. The first-order chi connectivity index (χ1) is 11.5. The molecule has 3 rings (SSSR count). The third-order valence-electron chi connectivity index (χ3n) is 3.76. The van der Waals surface area contributed by atoms with Crippen molar-refractivity contribution in [2.24, 2.45) is 0 Å². The topological polar surface area (TPSA) is 93.2 Å². The molecular formula is C16H16BrN3O4. The van der Waals surface area contributed by atoms with Crippen LogP contribution in [0, 0.1) is 0 Å². The van der Waals surface area contributed by atoms with Crippen molar-refractivity contribution in [1.82, 2.24) is 14.9 Å². The molecule has 0 saturated heterocycles. The van der Waals surface area contributed by atoms with Crippen LogP contribution in [0.2, 0.25) is 0 Å². The summed E-state index contributed by atoms with van der Waals surface area (Å²) in [5, 5.41) is 2.81. The van der Waals surface area contributed by atoms with E-state index in [1.807, 2.05) is 18.2 Å². The number of ether oxygens (including phenoxy) is 1. The molecule has 0 saturated carbocycles. The van der Waals surface area contributed by atoms with E-state index in [0.29, 0.717) is 25.9 Å². The number of nitrogens with one attached hydrogen (secondary N) is 2. The molecule has 2 heterocycles. The second-order valence-electron chi connectivity index (χ2n) is 5.51. The van der Waals surface area contributed by atoms with Crippen molar-refractivity contribution in [3.63, 3.8) is 0 Å². The number of aromatic nitrogens is 2. The van der Waals surface area contributed by atoms with Crippen LogP contribution in [0.1, 0.15) is 12.0 Å². The predicted molar refractivity (Wildman–Crippen MR) is 91.2 cm³/mol. The quantitative estimate of drug-likeness (QED) is 0.735. The van der Waals surface area contributed by atoms with E-state index in [2.05, 4.69) is 26.2 Å². The summed E-state index contributed by atoms with van der Waals surface area (Å²) in [6.45, 7) is 0.832. The minimum atomic E-state index is -0.523. The summed E-state index contributed by atoms with van der Waals surface area (Å²) < 4.78 is 8.00. The molecule has 1 atom stereocenters. The molecule has 7 nitrogen and oxygen atoms in total. The number of fused-ring (bicyclic) bond motifs is 1. The zero-order chi connectivity index (χ0) is 17.1. The van der Waals surface area contributed by atoms with Crippen LogP contribution in [-0.2, 0) is 17.8 Å². The van der Waals surface area contributed by atoms with Gasteiger partial charge in [-0.05, 0) is 30.2 Å². The molecule has 1 aromatic heterocycles. The minimum Gasteiger partial charge on any atom is -0.480 e. The van der Waals surface area contributed by atoms with Gasteiger partial charge in [-0.1, -0.05) is 15.9 Å². The highest BCUT2D eigenvalue weighted by Crippen LogP contribution is 2.31. The number of halogens is 1. The maximum Gasteiger partial charge on any atom is 0.328 e. The predicted octanol–water partition coefficient (Wildman–Crippen LogP) is 0.809. The molecule has 1 aliphatic heterocycles. The molecule has 0 fully saturated rings. The minimum absolute atomic E-state index is 0.170. The van der Waals surface area contributed by atoms with Gasteiger partial charge in [-0.15, -0.1) is 0 Å². The van der Waals surface area contributed by atoms with Gasteiger partial charge in [-0.3, -0.25) is 14.6 Å². The lowest BCUT2D eigenvalue weighted by Crippen LogP contribution is -2.38. The molecule has 2 N–H and O–H groups in total. The molecule has 1 unspecified atom stereocenters. The number of hydrogen-bond donors (Lipinski definition) is 2. The number of carbonyl (C=O) groups excluding carboxylic acids is 1. The van der Waals surface area contributed by atoms with E-state index < -0.39 is 17.4 Å². The first kappa shape index (κ1) is 16.5. The average molecular weight is 394 g/mol. The zero-order valence-electron chi connectivity index (χ0n) is 12.8. The maximum absolute atomic E-state index is 12.2. The Morgan fingerprint density at radius 3 is 3.00 bits per heavy atom. The SMILES string of the molecule is O=C(NCCCn1ccc(=O)[nH]c1=O)C1Cc2cc(Br)ccc2O1. The van der Waals surface area contributed by atoms with Crippen molar-refractivity contribution < 1.29 is 9.53 Å². The number of carbonyl (C=O) groups is 1. The third-order valence-corrected chi connectivity index (χ3v) is 4.25. The number of aromatic amines is 1. The molecule has 0 bridgehead atoms. The van der Waals surface area contributed by atoms with Crippen LogP contribution in [0.5, 0.6) is 5.75 Å². The van der Waals surface area contributed by atoms with Gasteiger partial charge in [0, 0.05) is 36.2 Å². The van der Waals surface area contributed by atoms with Gasteiger partial charge in [0.25, 0.3) is 11.5 Å². The fourth-order valence-corrected chi connectivity index (χ4v) is 2.97. The largest absolute Gasteiger partial charge is 0.480 e. The summed E-state index contributed by atoms with van der Waals surface area (Å²) in [5.41, 5.74) is 0.132. The Bertz CT molecular complexity index is 874. The summed E-state index contributed by atoms with van der Waals surface area (Å²) in [6, 6.07) is 6.96. The number of benzene rings is 1. The fraction of sp³-hybridized carbons (Fsp3) is 0.312. The van der Waals surface area contributed by atoms with E-state index in [1.54, 1.807) is 0 Å². The summed E-state index contributed by atoms with van der Waals surface area (Å²) in [6.07, 6.45) is 2.03. The van der Waals surface area contributed by atoms with Crippen LogP contribution in [0.25, 0.3) is 0 Å². The number of nitrogens with zero attached hydrogens (tertiary/aromatic N) is 1. The van der Waals surface area contributed by atoms with Crippen LogP contribution >= 0.6 is 15.9 Å². The fourth-order valence-electron chi connectivity index (χ4n) is 2.56. The number of H-pyrrole nitrogens is 1. The van der Waals surface area contributed by atoms with Crippen molar-refractivity contribution in [1.29, 1.82) is 0 Å². The van der Waals surface area contributed by atoms with Crippen LogP contribution in [-0.4, -0.2) is 28.1 Å². The van der Waals surface area contributed by atoms with Gasteiger partial charge in [0.15, 0.2) is 6.10 Å². The van der Waals surface area contributed by atoms with Gasteiger partial charge in [-0.2, -0.15) is 0 Å². The Balaban J connectivity index is 1.47. The van der Waals surface area contributed by atoms with Crippen LogP contribution in [0.3, 0.4) is 0 Å². The van der Waals surface area contributed by atoms with Crippen molar-refractivity contribution >= 4 is 21.8 Å². The molecule has 0 spiro atoms. The van der Waals surface area contributed by atoms with Gasteiger partial charge < -0.3 is 14.6 Å². The second-order valence-corrected chi connectivity index (χ2v) is 6.43. The third kappa shape index (κ3) is 3.76. The molecule has 2 aromatic rings. The van der Waals surface area contributed by atoms with Gasteiger partial charge in [-0.25, -0.2) is 4.79 Å². The lowest BCUT2D eigenvalue weighted by atomic mass is 10.1. The molecule has 1 amide bonds. The summed E-state index contributed by atoms with van der Waals surface area (Å²) in [5.74, 6) is 0.564. The lowest BCUT2D eigenvalue weighted by molar-refractivity contribution is -0.127. The summed E-state index contributed by atoms with van der Waals surface area (Å²) in [4.78, 5) is 36.9. The maximum atomic E-state index is 12.2. The van der Waals surface area contributed by atoms with E-state index >= 15 is 0 Å². The normalized spacial score (nSPS) is 15.6. The van der Waals surface area contributed by atoms with Crippen molar-refractivity contribution in [3.8, 4) is 5.75 Å². The molecular weight excluding hydrogens is 378 g/mol. The zero-order valence-corrected chi connectivity index (χ0v) is 14.3. The highest BCUT2D eigenvalue weighted by atomic mass is 79.9. The summed E-state index contributed by atoms with van der Waals surface area (Å²) >= 11 is 3.40. The Kier molecular flexibility index (Phi) is 4.84. The van der Waals surface area contributed by atoms with Gasteiger partial charge in [0.1, 0.15) is 5.75 Å². The molecule has 1 aliphatic rings. The van der Waals surface area contributed by atoms with Crippen molar-refractivity contribution in [3.05, 3.63) is 61.3 Å². The summed E-state index contributed by atoms with van der Waals surface area (Å²) in [7, 11) is 0. The standard InChI is InChI=1S/C16H16BrN3O4/c17-11-2-3-12-10(8-11)9-13(24-12)15(22)18-5-1-6-20-7-4-14(21)19-16(20)23/h2-4,7-8,13H,1,5-6,9H2,(H,18,22)(H,19,21,23). The van der Waals surface area contributed by atoms with Crippen molar-refractivity contribution in [2.45, 2.75) is 25.5 Å². The first-order valence-corrected chi connectivity index (χ1v) is 8.35. The van der Waals surface area contributed by atoms with E-state index in [9.17, 15) is 14.4 Å². The van der Waals surface area contributed by atoms with E-state index in [-0.39, 0.29) is 5.91 Å². The second kappa shape index (κ2) is 7.04. The van der Waals surface area contributed by atoms with Crippen LogP contribution in [0.15, 0.2) is 44.5 Å². The van der Waals surface area contributed by atoms with Gasteiger partial charge in [0.05, 0.1) is 0 Å². The molecule has 8 heteroatoms.